The number of carboxylic acid groups (broad SMARTS) is 1. The molecule has 1 aliphatic carbocycles. The highest BCUT2D eigenvalue weighted by molar-refractivity contribution is 5.85. The number of aliphatic carboxylic acids is 1. The topological polar surface area (TPSA) is 46.5 Å². The van der Waals surface area contributed by atoms with Gasteiger partial charge in [0.2, 0.25) is 0 Å². The van der Waals surface area contributed by atoms with Gasteiger partial charge in [0.05, 0.1) is 18.3 Å². The minimum atomic E-state index is -0.967. The Morgan fingerprint density at radius 2 is 2.00 bits per heavy atom. The summed E-state index contributed by atoms with van der Waals surface area (Å²) in [6.07, 6.45) is 4.57. The predicted octanol–water partition coefficient (Wildman–Crippen LogP) is 2.61. The second kappa shape index (κ2) is 4.79. The SMILES string of the molecule is C=C(COC1CCC(C)(C)CC1)C(=O)O. The van der Waals surface area contributed by atoms with Crippen LogP contribution in [0.4, 0.5) is 0 Å². The Kier molecular flexibility index (Phi) is 3.91. The lowest BCUT2D eigenvalue weighted by molar-refractivity contribution is -0.133. The van der Waals surface area contributed by atoms with Crippen LogP contribution in [0.3, 0.4) is 0 Å². The fourth-order valence-corrected chi connectivity index (χ4v) is 1.82. The summed E-state index contributed by atoms with van der Waals surface area (Å²) >= 11 is 0. The summed E-state index contributed by atoms with van der Waals surface area (Å²) in [5.74, 6) is -0.967. The van der Waals surface area contributed by atoms with Crippen LogP contribution >= 0.6 is 0 Å². The van der Waals surface area contributed by atoms with E-state index in [2.05, 4.69) is 20.4 Å². The van der Waals surface area contributed by atoms with Crippen molar-refractivity contribution < 1.29 is 14.6 Å². The monoisotopic (exact) mass is 212 g/mol. The molecule has 1 saturated carbocycles. The van der Waals surface area contributed by atoms with Gasteiger partial charge in [0.15, 0.2) is 0 Å². The number of rotatable bonds is 4. The molecule has 0 amide bonds. The molecule has 3 heteroatoms. The normalized spacial score (nSPS) is 21.2. The zero-order valence-corrected chi connectivity index (χ0v) is 9.58. The van der Waals surface area contributed by atoms with Gasteiger partial charge in [-0.2, -0.15) is 0 Å². The summed E-state index contributed by atoms with van der Waals surface area (Å²) in [5, 5.41) is 8.62. The Labute approximate surface area is 91.1 Å². The summed E-state index contributed by atoms with van der Waals surface area (Å²) in [5.41, 5.74) is 0.559. The van der Waals surface area contributed by atoms with Crippen molar-refractivity contribution in [3.63, 3.8) is 0 Å². The van der Waals surface area contributed by atoms with Gasteiger partial charge in [-0.25, -0.2) is 4.79 Å². The van der Waals surface area contributed by atoms with Gasteiger partial charge >= 0.3 is 5.97 Å². The van der Waals surface area contributed by atoms with E-state index in [1.54, 1.807) is 0 Å². The van der Waals surface area contributed by atoms with E-state index in [9.17, 15) is 4.79 Å². The lowest BCUT2D eigenvalue weighted by Gasteiger charge is -2.34. The van der Waals surface area contributed by atoms with Crippen LogP contribution in [-0.4, -0.2) is 23.8 Å². The molecule has 1 fully saturated rings. The van der Waals surface area contributed by atoms with Crippen molar-refractivity contribution in [2.45, 2.75) is 45.6 Å². The largest absolute Gasteiger partial charge is 0.478 e. The number of carboxylic acids is 1. The molecule has 0 aromatic rings. The molecule has 15 heavy (non-hydrogen) atoms. The maximum atomic E-state index is 10.5. The van der Waals surface area contributed by atoms with Crippen molar-refractivity contribution in [3.05, 3.63) is 12.2 Å². The van der Waals surface area contributed by atoms with Crippen molar-refractivity contribution in [3.8, 4) is 0 Å². The van der Waals surface area contributed by atoms with Crippen molar-refractivity contribution in [1.29, 1.82) is 0 Å². The molecule has 0 heterocycles. The molecule has 1 N–H and O–H groups in total. The van der Waals surface area contributed by atoms with Crippen LogP contribution < -0.4 is 0 Å². The molecule has 0 unspecified atom stereocenters. The molecule has 0 atom stereocenters. The maximum absolute atomic E-state index is 10.5. The fraction of sp³-hybridized carbons (Fsp3) is 0.750. The zero-order valence-electron chi connectivity index (χ0n) is 9.58. The highest BCUT2D eigenvalue weighted by Gasteiger charge is 2.27. The highest BCUT2D eigenvalue weighted by atomic mass is 16.5. The zero-order chi connectivity index (χ0) is 11.5. The molecular formula is C12H20O3. The van der Waals surface area contributed by atoms with E-state index in [1.807, 2.05) is 0 Å². The molecule has 0 bridgehead atoms. The summed E-state index contributed by atoms with van der Waals surface area (Å²) in [6, 6.07) is 0. The van der Waals surface area contributed by atoms with Crippen LogP contribution in [0.25, 0.3) is 0 Å². The molecule has 0 aliphatic heterocycles. The van der Waals surface area contributed by atoms with Gasteiger partial charge in [0.1, 0.15) is 0 Å². The van der Waals surface area contributed by atoms with Gasteiger partial charge in [0, 0.05) is 0 Å². The molecule has 0 aromatic heterocycles. The molecule has 3 nitrogen and oxygen atoms in total. The van der Waals surface area contributed by atoms with Crippen molar-refractivity contribution in [1.82, 2.24) is 0 Å². The first-order valence-corrected chi connectivity index (χ1v) is 5.43. The number of carbonyl (C=O) groups is 1. The van der Waals surface area contributed by atoms with E-state index in [0.29, 0.717) is 5.41 Å². The van der Waals surface area contributed by atoms with Crippen molar-refractivity contribution in [2.75, 3.05) is 6.61 Å². The summed E-state index contributed by atoms with van der Waals surface area (Å²) in [7, 11) is 0. The van der Waals surface area contributed by atoms with Crippen LogP contribution in [-0.2, 0) is 9.53 Å². The highest BCUT2D eigenvalue weighted by Crippen LogP contribution is 2.36. The van der Waals surface area contributed by atoms with Gasteiger partial charge in [-0.3, -0.25) is 0 Å². The van der Waals surface area contributed by atoms with Crippen LogP contribution in [0.2, 0.25) is 0 Å². The Morgan fingerprint density at radius 3 is 2.47 bits per heavy atom. The lowest BCUT2D eigenvalue weighted by Crippen LogP contribution is -2.27. The average molecular weight is 212 g/mol. The summed E-state index contributed by atoms with van der Waals surface area (Å²) in [6.45, 7) is 8.12. The smallest absolute Gasteiger partial charge is 0.333 e. The number of ether oxygens (including phenoxy) is 1. The van der Waals surface area contributed by atoms with E-state index < -0.39 is 5.97 Å². The Balaban J connectivity index is 2.25. The predicted molar refractivity (Wildman–Crippen MR) is 58.8 cm³/mol. The van der Waals surface area contributed by atoms with Gasteiger partial charge in [-0.05, 0) is 31.1 Å². The third kappa shape index (κ3) is 4.04. The molecular weight excluding hydrogens is 192 g/mol. The van der Waals surface area contributed by atoms with E-state index in [0.717, 1.165) is 25.7 Å². The van der Waals surface area contributed by atoms with Gasteiger partial charge in [0.25, 0.3) is 0 Å². The number of hydrogen-bond donors (Lipinski definition) is 1. The minimum Gasteiger partial charge on any atom is -0.478 e. The first kappa shape index (κ1) is 12.2. The standard InChI is InChI=1S/C12H20O3/c1-9(11(13)14)8-15-10-4-6-12(2,3)7-5-10/h10H,1,4-8H2,2-3H3,(H,13,14). The number of hydrogen-bond acceptors (Lipinski definition) is 2. The fourth-order valence-electron chi connectivity index (χ4n) is 1.82. The quantitative estimate of drug-likeness (QED) is 0.729. The summed E-state index contributed by atoms with van der Waals surface area (Å²) in [4.78, 5) is 10.5. The molecule has 0 saturated heterocycles. The molecule has 0 radical (unpaired) electrons. The van der Waals surface area contributed by atoms with E-state index in [1.165, 1.54) is 0 Å². The third-order valence-electron chi connectivity index (χ3n) is 3.08. The Morgan fingerprint density at radius 1 is 1.47 bits per heavy atom. The minimum absolute atomic E-state index is 0.139. The molecule has 0 aromatic carbocycles. The molecule has 0 spiro atoms. The summed E-state index contributed by atoms with van der Waals surface area (Å²) < 4.78 is 5.52. The van der Waals surface area contributed by atoms with Crippen LogP contribution in [0.5, 0.6) is 0 Å². The Hall–Kier alpha value is -0.830. The Bertz CT molecular complexity index is 246. The van der Waals surface area contributed by atoms with Crippen LogP contribution in [0.1, 0.15) is 39.5 Å². The first-order valence-electron chi connectivity index (χ1n) is 5.43. The van der Waals surface area contributed by atoms with E-state index in [-0.39, 0.29) is 18.3 Å². The molecule has 86 valence electrons. The van der Waals surface area contributed by atoms with Gasteiger partial charge < -0.3 is 9.84 Å². The molecule has 1 rings (SSSR count). The van der Waals surface area contributed by atoms with Crippen LogP contribution in [0, 0.1) is 5.41 Å². The van der Waals surface area contributed by atoms with E-state index in [4.69, 9.17) is 9.84 Å². The lowest BCUT2D eigenvalue weighted by atomic mass is 9.76. The van der Waals surface area contributed by atoms with Gasteiger partial charge in [-0.15, -0.1) is 0 Å². The second-order valence-corrected chi connectivity index (χ2v) is 5.08. The maximum Gasteiger partial charge on any atom is 0.333 e. The molecule has 1 aliphatic rings. The second-order valence-electron chi connectivity index (χ2n) is 5.08. The van der Waals surface area contributed by atoms with Crippen molar-refractivity contribution >= 4 is 5.97 Å². The first-order chi connectivity index (χ1) is 6.91. The average Bonchev–Trinajstić information content (AvgIpc) is 2.15. The van der Waals surface area contributed by atoms with Crippen molar-refractivity contribution in [2.24, 2.45) is 5.41 Å². The third-order valence-corrected chi connectivity index (χ3v) is 3.08. The van der Waals surface area contributed by atoms with Crippen LogP contribution in [0.15, 0.2) is 12.2 Å². The van der Waals surface area contributed by atoms with Gasteiger partial charge in [-0.1, -0.05) is 20.4 Å². The van der Waals surface area contributed by atoms with E-state index >= 15 is 0 Å².